The quantitative estimate of drug-likeness (QED) is 0.765. The van der Waals surface area contributed by atoms with Crippen molar-refractivity contribution in [1.82, 2.24) is 15.1 Å². The fourth-order valence-electron chi connectivity index (χ4n) is 4.18. The highest BCUT2D eigenvalue weighted by Crippen LogP contribution is 2.28. The molecule has 1 saturated carbocycles. The second-order valence-electron chi connectivity index (χ2n) is 7.51. The molecule has 26 heavy (non-hydrogen) atoms. The Morgan fingerprint density at radius 3 is 2.77 bits per heavy atom. The summed E-state index contributed by atoms with van der Waals surface area (Å²) in [4.78, 5) is 16.8. The monoisotopic (exact) mass is 379 g/mol. The van der Waals surface area contributed by atoms with E-state index in [-0.39, 0.29) is 12.6 Å². The lowest BCUT2D eigenvalue weighted by Crippen LogP contribution is -2.43. The second-order valence-corrected chi connectivity index (χ2v) is 7.92. The number of hydrogen-bond acceptors (Lipinski definition) is 3. The molecule has 2 aliphatic rings. The molecule has 3 rings (SSSR count). The van der Waals surface area contributed by atoms with Crippen LogP contribution in [-0.2, 0) is 6.54 Å². The maximum absolute atomic E-state index is 12.6. The van der Waals surface area contributed by atoms with E-state index >= 15 is 0 Å². The van der Waals surface area contributed by atoms with Gasteiger partial charge in [0.25, 0.3) is 0 Å². The normalized spacial score (nSPS) is 21.2. The summed E-state index contributed by atoms with van der Waals surface area (Å²) < 4.78 is 0. The molecule has 5 nitrogen and oxygen atoms in total. The molecule has 0 radical (unpaired) electrons. The molecule has 0 aromatic heterocycles. The van der Waals surface area contributed by atoms with Gasteiger partial charge in [0.15, 0.2) is 0 Å². The average Bonchev–Trinajstić information content (AvgIpc) is 3.32. The minimum atomic E-state index is -0.127. The van der Waals surface area contributed by atoms with Gasteiger partial charge in [-0.15, -0.1) is 0 Å². The van der Waals surface area contributed by atoms with E-state index in [1.807, 2.05) is 24.3 Å². The number of aliphatic hydroxyl groups excluding tert-OH is 1. The molecule has 0 spiro atoms. The Labute approximate surface area is 161 Å². The molecule has 6 heteroatoms. The lowest BCUT2D eigenvalue weighted by molar-refractivity contribution is 0.172. The van der Waals surface area contributed by atoms with Gasteiger partial charge in [-0.25, -0.2) is 4.79 Å². The molecule has 0 bridgehead atoms. The maximum atomic E-state index is 12.6. The number of amides is 2. The van der Waals surface area contributed by atoms with Gasteiger partial charge in [0.2, 0.25) is 0 Å². The maximum Gasteiger partial charge on any atom is 0.317 e. The molecular weight excluding hydrogens is 350 g/mol. The van der Waals surface area contributed by atoms with Crippen LogP contribution in [-0.4, -0.2) is 59.8 Å². The van der Waals surface area contributed by atoms with Gasteiger partial charge in [-0.05, 0) is 43.4 Å². The lowest BCUT2D eigenvalue weighted by atomic mass is 10.1. The van der Waals surface area contributed by atoms with Gasteiger partial charge in [0.1, 0.15) is 0 Å². The van der Waals surface area contributed by atoms with E-state index in [0.29, 0.717) is 30.6 Å². The molecule has 2 fully saturated rings. The smallest absolute Gasteiger partial charge is 0.317 e. The highest BCUT2D eigenvalue weighted by atomic mass is 35.5. The van der Waals surface area contributed by atoms with Crippen molar-refractivity contribution < 1.29 is 9.90 Å². The third-order valence-electron chi connectivity index (χ3n) is 5.68. The molecule has 1 aliphatic heterocycles. The minimum Gasteiger partial charge on any atom is -0.395 e. The van der Waals surface area contributed by atoms with E-state index in [2.05, 4.69) is 10.2 Å². The first-order chi connectivity index (χ1) is 12.7. The van der Waals surface area contributed by atoms with Gasteiger partial charge in [0, 0.05) is 37.2 Å². The molecule has 1 atom stereocenters. The van der Waals surface area contributed by atoms with Crippen LogP contribution in [0.5, 0.6) is 0 Å². The van der Waals surface area contributed by atoms with Crippen molar-refractivity contribution in [1.29, 1.82) is 0 Å². The van der Waals surface area contributed by atoms with Crippen LogP contribution in [0, 0.1) is 5.92 Å². The fraction of sp³-hybridized carbons (Fsp3) is 0.650. The fourth-order valence-corrected chi connectivity index (χ4v) is 4.37. The number of carbonyl (C=O) groups is 1. The standard InChI is InChI=1S/C20H30ClN3O2/c21-19-8-4-1-5-17(19)15-24(11-12-25)20(26)22-13-16-9-10-23(14-16)18-6-2-3-7-18/h1,4-5,8,16,18,25H,2-3,6-7,9-15H2,(H,22,26). The zero-order valence-corrected chi connectivity index (χ0v) is 16.1. The van der Waals surface area contributed by atoms with Crippen LogP contribution in [0.2, 0.25) is 5.02 Å². The largest absolute Gasteiger partial charge is 0.395 e. The van der Waals surface area contributed by atoms with Gasteiger partial charge < -0.3 is 20.2 Å². The number of nitrogens with one attached hydrogen (secondary N) is 1. The Morgan fingerprint density at radius 1 is 1.27 bits per heavy atom. The van der Waals surface area contributed by atoms with Gasteiger partial charge in [-0.3, -0.25) is 0 Å². The first kappa shape index (κ1) is 19.5. The van der Waals surface area contributed by atoms with Crippen molar-refractivity contribution in [2.75, 3.05) is 32.8 Å². The predicted octanol–water partition coefficient (Wildman–Crippen LogP) is 3.11. The Bertz CT molecular complexity index is 592. The summed E-state index contributed by atoms with van der Waals surface area (Å²) in [6.07, 6.45) is 6.55. The van der Waals surface area contributed by atoms with Crippen molar-refractivity contribution in [2.24, 2.45) is 5.92 Å². The number of rotatable bonds is 7. The van der Waals surface area contributed by atoms with Crippen LogP contribution in [0.3, 0.4) is 0 Å². The molecule has 1 aromatic rings. The topological polar surface area (TPSA) is 55.8 Å². The van der Waals surface area contributed by atoms with Gasteiger partial charge in [0.05, 0.1) is 6.61 Å². The highest BCUT2D eigenvalue weighted by molar-refractivity contribution is 6.31. The summed E-state index contributed by atoms with van der Waals surface area (Å²) >= 11 is 6.21. The molecule has 1 aliphatic carbocycles. The van der Waals surface area contributed by atoms with E-state index in [0.717, 1.165) is 31.1 Å². The molecule has 1 saturated heterocycles. The van der Waals surface area contributed by atoms with Crippen LogP contribution in [0.25, 0.3) is 0 Å². The number of aliphatic hydroxyl groups is 1. The molecular formula is C20H30ClN3O2. The molecule has 1 unspecified atom stereocenters. The Hall–Kier alpha value is -1.30. The molecule has 1 aromatic carbocycles. The third-order valence-corrected chi connectivity index (χ3v) is 6.05. The van der Waals surface area contributed by atoms with Crippen molar-refractivity contribution >= 4 is 17.6 Å². The molecule has 1 heterocycles. The molecule has 2 N–H and O–H groups in total. The van der Waals surface area contributed by atoms with Crippen LogP contribution in [0.4, 0.5) is 4.79 Å². The van der Waals surface area contributed by atoms with Crippen molar-refractivity contribution in [3.8, 4) is 0 Å². The third kappa shape index (κ3) is 5.12. The van der Waals surface area contributed by atoms with E-state index in [4.69, 9.17) is 11.6 Å². The number of likely N-dealkylation sites (tertiary alicyclic amines) is 1. The summed E-state index contributed by atoms with van der Waals surface area (Å²) in [5.41, 5.74) is 0.894. The van der Waals surface area contributed by atoms with E-state index in [9.17, 15) is 9.90 Å². The molecule has 2 amide bonds. The highest BCUT2D eigenvalue weighted by Gasteiger charge is 2.30. The van der Waals surface area contributed by atoms with Gasteiger partial charge in [-0.1, -0.05) is 42.6 Å². The first-order valence-corrected chi connectivity index (χ1v) is 10.2. The summed E-state index contributed by atoms with van der Waals surface area (Å²) in [6.45, 7) is 3.60. The Balaban J connectivity index is 1.48. The van der Waals surface area contributed by atoms with Crippen LogP contribution in [0.1, 0.15) is 37.7 Å². The van der Waals surface area contributed by atoms with Crippen molar-refractivity contribution in [2.45, 2.75) is 44.7 Å². The Kier molecular flexibility index (Phi) is 7.17. The SMILES string of the molecule is O=C(NCC1CCN(C2CCCC2)C1)N(CCO)Cc1ccccc1Cl. The van der Waals surface area contributed by atoms with Crippen molar-refractivity contribution in [3.63, 3.8) is 0 Å². The first-order valence-electron chi connectivity index (χ1n) is 9.78. The summed E-state index contributed by atoms with van der Waals surface area (Å²) in [6, 6.07) is 8.16. The zero-order chi connectivity index (χ0) is 18.4. The number of nitrogens with zero attached hydrogens (tertiary/aromatic N) is 2. The number of benzene rings is 1. The van der Waals surface area contributed by atoms with Gasteiger partial charge >= 0.3 is 6.03 Å². The number of halogens is 1. The average molecular weight is 380 g/mol. The Morgan fingerprint density at radius 2 is 2.04 bits per heavy atom. The second kappa shape index (κ2) is 9.58. The summed E-state index contributed by atoms with van der Waals surface area (Å²) in [7, 11) is 0. The van der Waals surface area contributed by atoms with E-state index in [1.54, 1.807) is 4.90 Å². The van der Waals surface area contributed by atoms with Crippen molar-refractivity contribution in [3.05, 3.63) is 34.9 Å². The number of carbonyl (C=O) groups excluding carboxylic acids is 1. The van der Waals surface area contributed by atoms with E-state index < -0.39 is 0 Å². The van der Waals surface area contributed by atoms with Crippen LogP contribution in [0.15, 0.2) is 24.3 Å². The van der Waals surface area contributed by atoms with E-state index in [1.165, 1.54) is 25.7 Å². The van der Waals surface area contributed by atoms with Gasteiger partial charge in [-0.2, -0.15) is 0 Å². The summed E-state index contributed by atoms with van der Waals surface area (Å²) in [5.74, 6) is 0.524. The van der Waals surface area contributed by atoms with Crippen LogP contribution >= 0.6 is 11.6 Å². The van der Waals surface area contributed by atoms with Crippen LogP contribution < -0.4 is 5.32 Å². The predicted molar refractivity (Wildman–Crippen MR) is 104 cm³/mol. The number of urea groups is 1. The zero-order valence-electron chi connectivity index (χ0n) is 15.4. The lowest BCUT2D eigenvalue weighted by Gasteiger charge is -2.25. The molecule has 144 valence electrons. The number of hydrogen-bond donors (Lipinski definition) is 2. The summed E-state index contributed by atoms with van der Waals surface area (Å²) in [5, 5.41) is 13.0. The minimum absolute atomic E-state index is 0.0588.